The lowest BCUT2D eigenvalue weighted by Gasteiger charge is -2.11. The summed E-state index contributed by atoms with van der Waals surface area (Å²) in [6, 6.07) is 4.76. The Bertz CT molecular complexity index is 510. The molecule has 20 heavy (non-hydrogen) atoms. The first kappa shape index (κ1) is 14.2. The summed E-state index contributed by atoms with van der Waals surface area (Å²) in [5, 5.41) is 0. The maximum absolute atomic E-state index is 11.9. The number of carbonyl (C=O) groups is 2. The van der Waals surface area contributed by atoms with Crippen molar-refractivity contribution in [2.75, 3.05) is 20.8 Å². The van der Waals surface area contributed by atoms with Gasteiger partial charge in [0.15, 0.2) is 11.5 Å². The molecule has 1 saturated heterocycles. The van der Waals surface area contributed by atoms with Crippen molar-refractivity contribution in [1.29, 1.82) is 0 Å². The lowest BCUT2D eigenvalue weighted by molar-refractivity contribution is -0.142. The van der Waals surface area contributed by atoms with Crippen molar-refractivity contribution in [1.82, 2.24) is 0 Å². The fourth-order valence-corrected chi connectivity index (χ4v) is 1.92. The molecule has 1 atom stereocenters. The summed E-state index contributed by atoms with van der Waals surface area (Å²) in [6.07, 6.45) is 0.614. The molecule has 0 spiro atoms. The molecule has 6 heteroatoms. The van der Waals surface area contributed by atoms with E-state index in [1.807, 2.05) is 0 Å². The van der Waals surface area contributed by atoms with E-state index in [1.165, 1.54) is 14.2 Å². The number of benzene rings is 1. The van der Waals surface area contributed by atoms with Crippen molar-refractivity contribution in [3.05, 3.63) is 23.8 Å². The van der Waals surface area contributed by atoms with Crippen LogP contribution in [-0.2, 0) is 14.3 Å². The minimum absolute atomic E-state index is 0.0684. The molecule has 1 aromatic carbocycles. The molecule has 0 radical (unpaired) electrons. The minimum Gasteiger partial charge on any atom is -0.493 e. The van der Waals surface area contributed by atoms with E-state index >= 15 is 0 Å². The molecule has 0 bridgehead atoms. The Labute approximate surface area is 116 Å². The average molecular weight is 280 g/mol. The monoisotopic (exact) mass is 280 g/mol. The molecule has 1 fully saturated rings. The quantitative estimate of drug-likeness (QED) is 0.762. The first-order valence-electron chi connectivity index (χ1n) is 6.22. The number of cyclic esters (lactones) is 1. The topological polar surface area (TPSA) is 71.1 Å². The predicted octanol–water partition coefficient (Wildman–Crippen LogP) is 1.57. The van der Waals surface area contributed by atoms with Crippen LogP contribution in [0.2, 0.25) is 0 Å². The van der Waals surface area contributed by atoms with Crippen LogP contribution >= 0.6 is 0 Å². The van der Waals surface area contributed by atoms with Crippen LogP contribution in [0.1, 0.15) is 23.2 Å². The Hall–Kier alpha value is -2.24. The van der Waals surface area contributed by atoms with E-state index in [-0.39, 0.29) is 18.7 Å². The molecular weight excluding hydrogens is 264 g/mol. The summed E-state index contributed by atoms with van der Waals surface area (Å²) >= 11 is 0. The Morgan fingerprint density at radius 2 is 2.05 bits per heavy atom. The standard InChI is InChI=1S/C14H16O6/c1-17-11-5-3-9(7-12(11)18-2)14(16)19-8-10-4-6-13(15)20-10/h3,5,7,10H,4,6,8H2,1-2H3. The van der Waals surface area contributed by atoms with Gasteiger partial charge < -0.3 is 18.9 Å². The first-order chi connectivity index (χ1) is 9.63. The van der Waals surface area contributed by atoms with Crippen molar-refractivity contribution >= 4 is 11.9 Å². The fraction of sp³-hybridized carbons (Fsp3) is 0.429. The van der Waals surface area contributed by atoms with Crippen molar-refractivity contribution in [2.24, 2.45) is 0 Å². The van der Waals surface area contributed by atoms with Crippen molar-refractivity contribution < 1.29 is 28.5 Å². The highest BCUT2D eigenvalue weighted by molar-refractivity contribution is 5.90. The normalized spacial score (nSPS) is 17.5. The molecule has 1 aliphatic heterocycles. The molecule has 1 heterocycles. The second kappa shape index (κ2) is 6.27. The second-order valence-electron chi connectivity index (χ2n) is 4.32. The number of methoxy groups -OCH3 is 2. The van der Waals surface area contributed by atoms with Gasteiger partial charge in [-0.1, -0.05) is 0 Å². The van der Waals surface area contributed by atoms with Gasteiger partial charge in [-0.2, -0.15) is 0 Å². The van der Waals surface area contributed by atoms with Gasteiger partial charge >= 0.3 is 11.9 Å². The molecular formula is C14H16O6. The predicted molar refractivity (Wildman–Crippen MR) is 68.9 cm³/mol. The van der Waals surface area contributed by atoms with Gasteiger partial charge in [-0.25, -0.2) is 4.79 Å². The average Bonchev–Trinajstić information content (AvgIpc) is 2.89. The third-order valence-corrected chi connectivity index (χ3v) is 2.99. The van der Waals surface area contributed by atoms with Gasteiger partial charge in [0.1, 0.15) is 12.7 Å². The van der Waals surface area contributed by atoms with Gasteiger partial charge in [-0.05, 0) is 24.6 Å². The second-order valence-corrected chi connectivity index (χ2v) is 4.32. The van der Waals surface area contributed by atoms with Crippen LogP contribution in [0.4, 0.5) is 0 Å². The van der Waals surface area contributed by atoms with E-state index in [0.29, 0.717) is 29.9 Å². The SMILES string of the molecule is COc1ccc(C(=O)OCC2CCC(=O)O2)cc1OC. The zero-order valence-electron chi connectivity index (χ0n) is 11.4. The molecule has 0 aliphatic carbocycles. The largest absolute Gasteiger partial charge is 0.493 e. The Morgan fingerprint density at radius 1 is 1.30 bits per heavy atom. The van der Waals surface area contributed by atoms with Gasteiger partial charge in [0.2, 0.25) is 0 Å². The summed E-state index contributed by atoms with van der Waals surface area (Å²) in [7, 11) is 3.01. The van der Waals surface area contributed by atoms with Gasteiger partial charge in [0.25, 0.3) is 0 Å². The third-order valence-electron chi connectivity index (χ3n) is 2.99. The molecule has 0 saturated carbocycles. The van der Waals surface area contributed by atoms with Crippen LogP contribution in [0.25, 0.3) is 0 Å². The highest BCUT2D eigenvalue weighted by Gasteiger charge is 2.24. The van der Waals surface area contributed by atoms with E-state index < -0.39 is 5.97 Å². The zero-order valence-corrected chi connectivity index (χ0v) is 11.4. The van der Waals surface area contributed by atoms with Crippen LogP contribution < -0.4 is 9.47 Å². The van der Waals surface area contributed by atoms with E-state index in [9.17, 15) is 9.59 Å². The van der Waals surface area contributed by atoms with E-state index in [0.717, 1.165) is 0 Å². The van der Waals surface area contributed by atoms with Crippen molar-refractivity contribution in [3.63, 3.8) is 0 Å². The lowest BCUT2D eigenvalue weighted by atomic mass is 10.2. The first-order valence-corrected chi connectivity index (χ1v) is 6.22. The van der Waals surface area contributed by atoms with E-state index in [1.54, 1.807) is 18.2 Å². The number of hydrogen-bond acceptors (Lipinski definition) is 6. The fourth-order valence-electron chi connectivity index (χ4n) is 1.92. The van der Waals surface area contributed by atoms with Crippen LogP contribution in [-0.4, -0.2) is 38.9 Å². The number of esters is 2. The molecule has 6 nitrogen and oxygen atoms in total. The van der Waals surface area contributed by atoms with Crippen molar-refractivity contribution in [2.45, 2.75) is 18.9 Å². The summed E-state index contributed by atoms with van der Waals surface area (Å²) in [4.78, 5) is 22.8. The number of carbonyl (C=O) groups excluding carboxylic acids is 2. The highest BCUT2D eigenvalue weighted by atomic mass is 16.6. The Morgan fingerprint density at radius 3 is 2.65 bits per heavy atom. The minimum atomic E-state index is -0.492. The molecule has 1 aliphatic rings. The Balaban J connectivity index is 1.96. The van der Waals surface area contributed by atoms with Crippen LogP contribution in [0.5, 0.6) is 11.5 Å². The van der Waals surface area contributed by atoms with E-state index in [2.05, 4.69) is 0 Å². The number of hydrogen-bond donors (Lipinski definition) is 0. The summed E-state index contributed by atoms with van der Waals surface area (Å²) in [5.74, 6) is 0.245. The van der Waals surface area contributed by atoms with E-state index in [4.69, 9.17) is 18.9 Å². The lowest BCUT2D eigenvalue weighted by Crippen LogP contribution is -2.18. The molecule has 2 rings (SSSR count). The van der Waals surface area contributed by atoms with Gasteiger partial charge in [0, 0.05) is 6.42 Å². The molecule has 1 aromatic rings. The Kier molecular flexibility index (Phi) is 4.45. The number of ether oxygens (including phenoxy) is 4. The van der Waals surface area contributed by atoms with Crippen LogP contribution in [0.15, 0.2) is 18.2 Å². The molecule has 0 aromatic heterocycles. The number of rotatable bonds is 5. The summed E-state index contributed by atoms with van der Waals surface area (Å²) in [6.45, 7) is 0.0684. The summed E-state index contributed by atoms with van der Waals surface area (Å²) < 4.78 is 20.3. The van der Waals surface area contributed by atoms with Gasteiger partial charge in [-0.3, -0.25) is 4.79 Å². The van der Waals surface area contributed by atoms with Gasteiger partial charge in [-0.15, -0.1) is 0 Å². The maximum Gasteiger partial charge on any atom is 0.338 e. The molecule has 0 N–H and O–H groups in total. The van der Waals surface area contributed by atoms with Gasteiger partial charge in [0.05, 0.1) is 19.8 Å². The third kappa shape index (κ3) is 3.20. The van der Waals surface area contributed by atoms with Crippen LogP contribution in [0, 0.1) is 0 Å². The highest BCUT2D eigenvalue weighted by Crippen LogP contribution is 2.27. The van der Waals surface area contributed by atoms with Crippen molar-refractivity contribution in [3.8, 4) is 11.5 Å². The van der Waals surface area contributed by atoms with Crippen LogP contribution in [0.3, 0.4) is 0 Å². The molecule has 1 unspecified atom stereocenters. The molecule has 0 amide bonds. The summed E-state index contributed by atoms with van der Waals surface area (Å²) in [5.41, 5.74) is 0.354. The maximum atomic E-state index is 11.9. The zero-order chi connectivity index (χ0) is 14.5. The smallest absolute Gasteiger partial charge is 0.338 e. The molecule has 108 valence electrons.